The number of benzene rings is 1. The van der Waals surface area contributed by atoms with Gasteiger partial charge in [-0.2, -0.15) is 0 Å². The van der Waals surface area contributed by atoms with Crippen molar-refractivity contribution < 1.29 is 23.9 Å². The lowest BCUT2D eigenvalue weighted by molar-refractivity contribution is -0.141. The lowest BCUT2D eigenvalue weighted by atomic mass is 10.1. The molecule has 0 N–H and O–H groups in total. The lowest BCUT2D eigenvalue weighted by Crippen LogP contribution is -2.51. The van der Waals surface area contributed by atoms with E-state index in [9.17, 15) is 14.4 Å². The first-order chi connectivity index (χ1) is 13.5. The van der Waals surface area contributed by atoms with Crippen LogP contribution in [0.15, 0.2) is 24.3 Å². The van der Waals surface area contributed by atoms with Gasteiger partial charge in [0, 0.05) is 46.1 Å². The number of hydrogen-bond donors (Lipinski definition) is 0. The summed E-state index contributed by atoms with van der Waals surface area (Å²) in [6, 6.07) is 7.27. The Labute approximate surface area is 165 Å². The number of nitrogens with zero attached hydrogens (tertiary/aromatic N) is 3. The van der Waals surface area contributed by atoms with Gasteiger partial charge in [0.25, 0.3) is 0 Å². The first-order valence-electron chi connectivity index (χ1n) is 9.57. The van der Waals surface area contributed by atoms with Gasteiger partial charge in [0.05, 0.1) is 19.6 Å². The van der Waals surface area contributed by atoms with Gasteiger partial charge in [0.2, 0.25) is 17.7 Å². The van der Waals surface area contributed by atoms with E-state index < -0.39 is 0 Å². The Kier molecular flexibility index (Phi) is 6.38. The molecule has 28 heavy (non-hydrogen) atoms. The Hall–Kier alpha value is -2.77. The summed E-state index contributed by atoms with van der Waals surface area (Å²) in [6.07, 6.45) is 0.244. The summed E-state index contributed by atoms with van der Waals surface area (Å²) in [7, 11) is 1.61. The zero-order chi connectivity index (χ0) is 20.1. The summed E-state index contributed by atoms with van der Waals surface area (Å²) >= 11 is 0. The Morgan fingerprint density at radius 2 is 1.64 bits per heavy atom. The predicted molar refractivity (Wildman–Crippen MR) is 102 cm³/mol. The Morgan fingerprint density at radius 1 is 1.04 bits per heavy atom. The molecule has 2 fully saturated rings. The molecular formula is C20H27N3O5. The average Bonchev–Trinajstić information content (AvgIpc) is 3.08. The molecule has 0 aromatic heterocycles. The molecule has 3 rings (SSSR count). The molecule has 0 radical (unpaired) electrons. The number of ether oxygens (including phenoxy) is 2. The fraction of sp³-hybridized carbons (Fsp3) is 0.550. The minimum Gasteiger partial charge on any atom is -0.497 e. The normalized spacial score (nSPS) is 19.7. The smallest absolute Gasteiger partial charge is 0.228 e. The van der Waals surface area contributed by atoms with Crippen LogP contribution in [0.2, 0.25) is 0 Å². The summed E-state index contributed by atoms with van der Waals surface area (Å²) in [4.78, 5) is 41.6. The van der Waals surface area contributed by atoms with Crippen LogP contribution >= 0.6 is 0 Å². The maximum atomic E-state index is 12.7. The number of methoxy groups -OCH3 is 1. The minimum absolute atomic E-state index is 0.00937. The van der Waals surface area contributed by atoms with Crippen LogP contribution in [0.5, 0.6) is 11.5 Å². The minimum atomic E-state index is -0.308. The van der Waals surface area contributed by atoms with Crippen LogP contribution in [0.25, 0.3) is 0 Å². The van der Waals surface area contributed by atoms with Crippen molar-refractivity contribution in [3.8, 4) is 11.5 Å². The monoisotopic (exact) mass is 389 g/mol. The van der Waals surface area contributed by atoms with Crippen molar-refractivity contribution in [2.45, 2.75) is 13.3 Å². The van der Waals surface area contributed by atoms with Gasteiger partial charge in [-0.05, 0) is 24.3 Å². The van der Waals surface area contributed by atoms with Crippen LogP contribution in [-0.4, -0.2) is 85.4 Å². The summed E-state index contributed by atoms with van der Waals surface area (Å²) in [5, 5.41) is 0. The van der Waals surface area contributed by atoms with Gasteiger partial charge in [-0.25, -0.2) is 0 Å². The van der Waals surface area contributed by atoms with Crippen molar-refractivity contribution >= 4 is 17.7 Å². The van der Waals surface area contributed by atoms with Gasteiger partial charge >= 0.3 is 0 Å². The first-order valence-corrected chi connectivity index (χ1v) is 9.57. The van der Waals surface area contributed by atoms with Gasteiger partial charge in [-0.1, -0.05) is 0 Å². The highest BCUT2D eigenvalue weighted by atomic mass is 16.5. The van der Waals surface area contributed by atoms with Crippen molar-refractivity contribution in [1.82, 2.24) is 14.7 Å². The highest BCUT2D eigenvalue weighted by molar-refractivity contribution is 5.89. The molecule has 1 unspecified atom stereocenters. The second kappa shape index (κ2) is 8.95. The molecule has 2 saturated heterocycles. The summed E-state index contributed by atoms with van der Waals surface area (Å²) in [6.45, 7) is 4.97. The Balaban J connectivity index is 1.44. The molecule has 0 saturated carbocycles. The molecule has 3 amide bonds. The SMILES string of the molecule is COc1ccc(OCCN2CC(C(=O)N3CCN(C(C)=O)CC3)CC2=O)cc1. The average molecular weight is 389 g/mol. The summed E-state index contributed by atoms with van der Waals surface area (Å²) in [5.41, 5.74) is 0. The fourth-order valence-electron chi connectivity index (χ4n) is 3.60. The molecule has 1 atom stereocenters. The van der Waals surface area contributed by atoms with E-state index in [1.807, 2.05) is 24.3 Å². The van der Waals surface area contributed by atoms with E-state index in [1.54, 1.807) is 28.7 Å². The molecular weight excluding hydrogens is 362 g/mol. The van der Waals surface area contributed by atoms with Gasteiger partial charge in [0.1, 0.15) is 18.1 Å². The topological polar surface area (TPSA) is 79.4 Å². The molecule has 0 spiro atoms. The van der Waals surface area contributed by atoms with E-state index in [-0.39, 0.29) is 30.1 Å². The van der Waals surface area contributed by atoms with Crippen LogP contribution in [0.1, 0.15) is 13.3 Å². The van der Waals surface area contributed by atoms with E-state index in [0.29, 0.717) is 51.6 Å². The molecule has 8 heteroatoms. The zero-order valence-electron chi connectivity index (χ0n) is 16.4. The van der Waals surface area contributed by atoms with E-state index in [1.165, 1.54) is 0 Å². The van der Waals surface area contributed by atoms with E-state index in [4.69, 9.17) is 9.47 Å². The molecule has 2 aliphatic rings. The quantitative estimate of drug-likeness (QED) is 0.712. The molecule has 2 aliphatic heterocycles. The second-order valence-corrected chi connectivity index (χ2v) is 7.10. The van der Waals surface area contributed by atoms with Gasteiger partial charge in [-0.15, -0.1) is 0 Å². The van der Waals surface area contributed by atoms with Crippen molar-refractivity contribution in [2.24, 2.45) is 5.92 Å². The van der Waals surface area contributed by atoms with Gasteiger partial charge in [-0.3, -0.25) is 14.4 Å². The number of hydrogen-bond acceptors (Lipinski definition) is 5. The lowest BCUT2D eigenvalue weighted by Gasteiger charge is -2.35. The van der Waals surface area contributed by atoms with E-state index in [2.05, 4.69) is 0 Å². The third-order valence-corrected chi connectivity index (χ3v) is 5.29. The molecule has 0 aliphatic carbocycles. The summed E-state index contributed by atoms with van der Waals surface area (Å²) in [5.74, 6) is 1.19. The summed E-state index contributed by atoms with van der Waals surface area (Å²) < 4.78 is 10.8. The molecule has 8 nitrogen and oxygen atoms in total. The van der Waals surface area contributed by atoms with Crippen molar-refractivity contribution in [3.63, 3.8) is 0 Å². The molecule has 1 aromatic carbocycles. The van der Waals surface area contributed by atoms with E-state index in [0.717, 1.165) is 5.75 Å². The Bertz CT molecular complexity index is 713. The third kappa shape index (κ3) is 4.74. The standard InChI is InChI=1S/C20H27N3O5/c1-15(24)21-7-9-22(10-8-21)20(26)16-13-19(25)23(14-16)11-12-28-18-5-3-17(27-2)4-6-18/h3-6,16H,7-14H2,1-2H3. The highest BCUT2D eigenvalue weighted by Gasteiger charge is 2.37. The number of likely N-dealkylation sites (tertiary alicyclic amines) is 1. The predicted octanol–water partition coefficient (Wildman–Crippen LogP) is 0.613. The first kappa shape index (κ1) is 20.0. The van der Waals surface area contributed by atoms with Gasteiger partial charge in [0.15, 0.2) is 0 Å². The largest absolute Gasteiger partial charge is 0.497 e. The van der Waals surface area contributed by atoms with E-state index >= 15 is 0 Å². The fourth-order valence-corrected chi connectivity index (χ4v) is 3.60. The van der Waals surface area contributed by atoms with Crippen LogP contribution in [0.3, 0.4) is 0 Å². The van der Waals surface area contributed by atoms with Crippen molar-refractivity contribution in [1.29, 1.82) is 0 Å². The maximum absolute atomic E-state index is 12.7. The van der Waals surface area contributed by atoms with Gasteiger partial charge < -0.3 is 24.2 Å². The number of rotatable bonds is 6. The second-order valence-electron chi connectivity index (χ2n) is 7.10. The number of amides is 3. The molecule has 152 valence electrons. The zero-order valence-corrected chi connectivity index (χ0v) is 16.4. The van der Waals surface area contributed by atoms with Crippen LogP contribution in [0.4, 0.5) is 0 Å². The van der Waals surface area contributed by atoms with Crippen LogP contribution in [0, 0.1) is 5.92 Å². The van der Waals surface area contributed by atoms with Crippen molar-refractivity contribution in [3.05, 3.63) is 24.3 Å². The number of carbonyl (C=O) groups excluding carboxylic acids is 3. The highest BCUT2D eigenvalue weighted by Crippen LogP contribution is 2.21. The molecule has 0 bridgehead atoms. The molecule has 1 aromatic rings. The maximum Gasteiger partial charge on any atom is 0.228 e. The van der Waals surface area contributed by atoms with Crippen LogP contribution in [-0.2, 0) is 14.4 Å². The number of piperazine rings is 1. The van der Waals surface area contributed by atoms with Crippen molar-refractivity contribution in [2.75, 3.05) is 53.0 Å². The molecule has 2 heterocycles. The third-order valence-electron chi connectivity index (χ3n) is 5.29. The number of carbonyl (C=O) groups is 3. The van der Waals surface area contributed by atoms with Crippen LogP contribution < -0.4 is 9.47 Å². The Morgan fingerprint density at radius 3 is 2.25 bits per heavy atom.